The van der Waals surface area contributed by atoms with Crippen molar-refractivity contribution < 1.29 is 9.13 Å². The van der Waals surface area contributed by atoms with Crippen molar-refractivity contribution in [2.24, 2.45) is 0 Å². The number of para-hydroxylation sites is 1. The van der Waals surface area contributed by atoms with E-state index in [0.29, 0.717) is 17.4 Å². The van der Waals surface area contributed by atoms with Gasteiger partial charge in [-0.25, -0.2) is 4.39 Å². The van der Waals surface area contributed by atoms with E-state index in [1.54, 1.807) is 12.1 Å². The van der Waals surface area contributed by atoms with Crippen LogP contribution in [0.3, 0.4) is 0 Å². The monoisotopic (exact) mass is 171 g/mol. The summed E-state index contributed by atoms with van der Waals surface area (Å²) in [6, 6.07) is 4.82. The maximum Gasteiger partial charge on any atom is 0.180 e. The molecule has 1 aromatic rings. The number of hydrogen-bond donors (Lipinski definition) is 1. The Balaban J connectivity index is 2.49. The zero-order valence-electron chi connectivity index (χ0n) is 5.63. The minimum absolute atomic E-state index is 0.310. The number of benzene rings is 1. The second-order valence-corrected chi connectivity index (χ2v) is 2.85. The maximum absolute atomic E-state index is 12.9. The summed E-state index contributed by atoms with van der Waals surface area (Å²) in [6.45, 7) is 0. The molecule has 4 heteroatoms. The second-order valence-electron chi connectivity index (χ2n) is 2.13. The number of anilines is 1. The molecule has 1 aliphatic rings. The molecule has 58 valence electrons. The molecule has 0 bridgehead atoms. The van der Waals surface area contributed by atoms with Crippen LogP contribution in [-0.4, -0.2) is 5.94 Å². The van der Waals surface area contributed by atoms with Gasteiger partial charge in [0.2, 0.25) is 0 Å². The van der Waals surface area contributed by atoms with Gasteiger partial charge in [-0.3, -0.25) is 0 Å². The second kappa shape index (κ2) is 2.62. The average Bonchev–Trinajstić information content (AvgIpc) is 2.06. The van der Waals surface area contributed by atoms with Crippen molar-refractivity contribution >= 4 is 17.6 Å². The predicted octanol–water partition coefficient (Wildman–Crippen LogP) is 2.24. The minimum atomic E-state index is -0.310. The Morgan fingerprint density at radius 3 is 3.27 bits per heavy atom. The lowest BCUT2D eigenvalue weighted by atomic mass is 10.3. The Morgan fingerprint density at radius 2 is 2.45 bits per heavy atom. The molecule has 0 saturated heterocycles. The first-order chi connectivity index (χ1) is 5.38. The van der Waals surface area contributed by atoms with Gasteiger partial charge in [0.15, 0.2) is 17.5 Å². The third kappa shape index (κ3) is 1.14. The van der Waals surface area contributed by atoms with E-state index in [1.165, 1.54) is 18.0 Å². The molecule has 1 aliphatic heterocycles. The molecule has 0 radical (unpaired) electrons. The van der Waals surface area contributed by atoms with Crippen molar-refractivity contribution in [2.45, 2.75) is 0 Å². The molecule has 0 aliphatic carbocycles. The van der Waals surface area contributed by atoms with Crippen molar-refractivity contribution in [3.8, 4) is 5.75 Å². The summed E-state index contributed by atoms with van der Waals surface area (Å²) < 4.78 is 20.9. The van der Waals surface area contributed by atoms with Crippen LogP contribution in [0.5, 0.6) is 5.75 Å². The summed E-state index contributed by atoms with van der Waals surface area (Å²) in [7, 11) is 0. The Labute approximate surface area is 67.9 Å². The normalized spacial score (nSPS) is 14.6. The first-order valence-corrected chi connectivity index (χ1v) is 4.15. The lowest BCUT2D eigenvalue weighted by Crippen LogP contribution is -2.06. The van der Waals surface area contributed by atoms with Crippen LogP contribution < -0.4 is 9.46 Å². The highest BCUT2D eigenvalue weighted by Crippen LogP contribution is 2.33. The van der Waals surface area contributed by atoms with E-state index >= 15 is 0 Å². The van der Waals surface area contributed by atoms with E-state index in [9.17, 15) is 4.39 Å². The molecule has 11 heavy (non-hydrogen) atoms. The highest BCUT2D eigenvalue weighted by atomic mass is 32.2. The summed E-state index contributed by atoms with van der Waals surface area (Å²) in [5, 5.41) is 0. The van der Waals surface area contributed by atoms with Crippen molar-refractivity contribution in [2.75, 3.05) is 10.7 Å². The number of rotatable bonds is 0. The number of fused-ring (bicyclic) bond motifs is 1. The number of halogens is 1. The van der Waals surface area contributed by atoms with Gasteiger partial charge in [0.25, 0.3) is 0 Å². The molecule has 0 atom stereocenters. The van der Waals surface area contributed by atoms with Gasteiger partial charge < -0.3 is 9.46 Å². The maximum atomic E-state index is 12.9. The molecule has 0 amide bonds. The molecule has 0 unspecified atom stereocenters. The highest BCUT2D eigenvalue weighted by molar-refractivity contribution is 8.00. The molecule has 0 fully saturated rings. The molecule has 2 rings (SSSR count). The predicted molar refractivity (Wildman–Crippen MR) is 43.1 cm³/mol. The molecule has 1 N–H and O–H groups in total. The molecule has 1 aromatic carbocycles. The van der Waals surface area contributed by atoms with Crippen molar-refractivity contribution in [3.63, 3.8) is 0 Å². The van der Waals surface area contributed by atoms with Crippen LogP contribution in [0.2, 0.25) is 0 Å². The molecule has 0 saturated carbocycles. The largest absolute Gasteiger partial charge is 0.476 e. The van der Waals surface area contributed by atoms with E-state index in [-0.39, 0.29) is 5.82 Å². The van der Waals surface area contributed by atoms with E-state index in [0.717, 1.165) is 0 Å². The van der Waals surface area contributed by atoms with Crippen LogP contribution in [-0.2, 0) is 0 Å². The van der Waals surface area contributed by atoms with Gasteiger partial charge in [-0.1, -0.05) is 6.07 Å². The fourth-order valence-electron chi connectivity index (χ4n) is 0.932. The minimum Gasteiger partial charge on any atom is -0.476 e. The fraction of sp³-hybridized carbons (Fsp3) is 0.143. The van der Waals surface area contributed by atoms with E-state index < -0.39 is 0 Å². The van der Waals surface area contributed by atoms with Gasteiger partial charge in [-0.15, -0.1) is 0 Å². The zero-order valence-corrected chi connectivity index (χ0v) is 6.45. The summed E-state index contributed by atoms with van der Waals surface area (Å²) in [5.74, 6) is 0.468. The van der Waals surface area contributed by atoms with Gasteiger partial charge in [0, 0.05) is 0 Å². The standard InChI is InChI=1S/C7H6FNOS/c8-5-2-1-3-6-7(5)10-4-11-9-6/h1-3,9H,4H2. The Kier molecular flexibility index (Phi) is 1.62. The first kappa shape index (κ1) is 6.79. The van der Waals surface area contributed by atoms with Gasteiger partial charge in [-0.05, 0) is 24.1 Å². The summed E-state index contributed by atoms with van der Waals surface area (Å²) in [5.41, 5.74) is 0.709. The fourth-order valence-corrected chi connectivity index (χ4v) is 1.48. The summed E-state index contributed by atoms with van der Waals surface area (Å²) >= 11 is 1.41. The summed E-state index contributed by atoms with van der Waals surface area (Å²) in [4.78, 5) is 0. The van der Waals surface area contributed by atoms with Gasteiger partial charge in [0.05, 0.1) is 5.69 Å². The van der Waals surface area contributed by atoms with Crippen molar-refractivity contribution in [1.82, 2.24) is 0 Å². The van der Waals surface area contributed by atoms with Crippen molar-refractivity contribution in [3.05, 3.63) is 24.0 Å². The first-order valence-electron chi connectivity index (χ1n) is 3.17. The number of nitrogens with one attached hydrogen (secondary N) is 1. The van der Waals surface area contributed by atoms with Crippen LogP contribution in [0.15, 0.2) is 18.2 Å². The molecule has 2 nitrogen and oxygen atoms in total. The Bertz CT molecular complexity index is 279. The smallest absolute Gasteiger partial charge is 0.180 e. The third-order valence-corrected chi connectivity index (χ3v) is 2.01. The number of hydrogen-bond acceptors (Lipinski definition) is 3. The topological polar surface area (TPSA) is 21.3 Å². The molecular formula is C7H6FNOS. The van der Waals surface area contributed by atoms with Crippen LogP contribution in [0.4, 0.5) is 10.1 Å². The van der Waals surface area contributed by atoms with Crippen LogP contribution in [0.1, 0.15) is 0 Å². The van der Waals surface area contributed by atoms with E-state index in [1.807, 2.05) is 0 Å². The van der Waals surface area contributed by atoms with Gasteiger partial charge in [-0.2, -0.15) is 0 Å². The quantitative estimate of drug-likeness (QED) is 0.605. The van der Waals surface area contributed by atoms with E-state index in [2.05, 4.69) is 4.72 Å². The molecule has 1 heterocycles. The Morgan fingerprint density at radius 1 is 1.55 bits per heavy atom. The van der Waals surface area contributed by atoms with Crippen LogP contribution in [0, 0.1) is 5.82 Å². The summed E-state index contributed by atoms with van der Waals surface area (Å²) in [6.07, 6.45) is 0. The highest BCUT2D eigenvalue weighted by Gasteiger charge is 2.13. The van der Waals surface area contributed by atoms with Crippen LogP contribution in [0.25, 0.3) is 0 Å². The molecular weight excluding hydrogens is 165 g/mol. The lowest BCUT2D eigenvalue weighted by Gasteiger charge is -2.17. The number of ether oxygens (including phenoxy) is 1. The van der Waals surface area contributed by atoms with Crippen molar-refractivity contribution in [1.29, 1.82) is 0 Å². The molecule has 0 spiro atoms. The van der Waals surface area contributed by atoms with E-state index in [4.69, 9.17) is 4.74 Å². The van der Waals surface area contributed by atoms with Crippen LogP contribution >= 0.6 is 11.9 Å². The zero-order chi connectivity index (χ0) is 7.68. The SMILES string of the molecule is Fc1cccc2c1OCSN2. The Hall–Kier alpha value is -0.900. The lowest BCUT2D eigenvalue weighted by molar-refractivity contribution is 0.367. The molecule has 0 aromatic heterocycles. The average molecular weight is 171 g/mol. The van der Waals surface area contributed by atoms with Gasteiger partial charge in [0.1, 0.15) is 0 Å². The third-order valence-electron chi connectivity index (χ3n) is 1.41. The van der Waals surface area contributed by atoms with Gasteiger partial charge >= 0.3 is 0 Å².